The molecule has 0 atom stereocenters. The lowest BCUT2D eigenvalue weighted by molar-refractivity contribution is -0.525. The molecule has 130 valence electrons. The van der Waals surface area contributed by atoms with Gasteiger partial charge in [-0.2, -0.15) is 5.10 Å². The van der Waals surface area contributed by atoms with E-state index in [4.69, 9.17) is 10.2 Å². The molecule has 3 N–H and O–H groups in total. The Morgan fingerprint density at radius 1 is 1.28 bits per heavy atom. The van der Waals surface area contributed by atoms with Crippen molar-refractivity contribution in [3.8, 4) is 11.3 Å². The lowest BCUT2D eigenvalue weighted by atomic mass is 10.0. The van der Waals surface area contributed by atoms with Crippen LogP contribution in [0.4, 0.5) is 5.69 Å². The summed E-state index contributed by atoms with van der Waals surface area (Å²) in [4.78, 5) is 20.8. The Morgan fingerprint density at radius 2 is 2.00 bits per heavy atom. The highest BCUT2D eigenvalue weighted by molar-refractivity contribution is 5.80. The number of nitrogens with one attached hydrogen (secondary N) is 1. The van der Waals surface area contributed by atoms with Crippen LogP contribution in [0.5, 0.6) is 0 Å². The molecule has 2 aromatic rings. The Labute approximate surface area is 141 Å². The third kappa shape index (κ3) is 4.37. The van der Waals surface area contributed by atoms with E-state index in [0.717, 1.165) is 5.56 Å². The number of benzene rings is 1. The normalized spacial score (nSPS) is 11.7. The van der Waals surface area contributed by atoms with E-state index in [1.807, 2.05) is 0 Å². The van der Waals surface area contributed by atoms with Crippen molar-refractivity contribution in [2.75, 3.05) is 0 Å². The number of hydrogen-bond acceptors (Lipinski definition) is 7. The Morgan fingerprint density at radius 3 is 2.64 bits per heavy atom. The van der Waals surface area contributed by atoms with Crippen LogP contribution in [-0.2, 0) is 0 Å². The van der Waals surface area contributed by atoms with Gasteiger partial charge in [0.1, 0.15) is 11.5 Å². The lowest BCUT2D eigenvalue weighted by Crippen LogP contribution is -2.35. The number of rotatable bonds is 5. The van der Waals surface area contributed by atoms with Gasteiger partial charge in [-0.3, -0.25) is 10.1 Å². The van der Waals surface area contributed by atoms with Gasteiger partial charge in [-0.25, -0.2) is 10.1 Å². The van der Waals surface area contributed by atoms with Crippen LogP contribution in [-0.4, -0.2) is 22.1 Å². The fourth-order valence-corrected chi connectivity index (χ4v) is 2.12. The van der Waals surface area contributed by atoms with Gasteiger partial charge >= 0.3 is 0 Å². The summed E-state index contributed by atoms with van der Waals surface area (Å²) in [6.07, 6.45) is 1.21. The van der Waals surface area contributed by atoms with E-state index in [-0.39, 0.29) is 5.69 Å². The summed E-state index contributed by atoms with van der Waals surface area (Å²) >= 11 is 0. The van der Waals surface area contributed by atoms with Gasteiger partial charge < -0.3 is 10.2 Å². The summed E-state index contributed by atoms with van der Waals surface area (Å²) in [5.74, 6) is 0.237. The van der Waals surface area contributed by atoms with Crippen LogP contribution in [0.3, 0.4) is 0 Å². The summed E-state index contributed by atoms with van der Waals surface area (Å²) in [6.45, 7) is 3.39. The SMILES string of the molecule is Cc1cc(-c2ccc(/C=N\N=C(N)N[N+](=O)[O-])o2)c(C)c([N+](=O)[O-])c1. The number of nitrogens with two attached hydrogens (primary N) is 1. The van der Waals surface area contributed by atoms with E-state index in [0.29, 0.717) is 22.6 Å². The molecule has 1 aromatic carbocycles. The van der Waals surface area contributed by atoms with Crippen LogP contribution < -0.4 is 11.2 Å². The van der Waals surface area contributed by atoms with Gasteiger partial charge in [0.15, 0.2) is 5.03 Å². The molecule has 1 heterocycles. The maximum absolute atomic E-state index is 11.1. The summed E-state index contributed by atoms with van der Waals surface area (Å²) in [5.41, 5.74) is 8.63. The summed E-state index contributed by atoms with van der Waals surface area (Å²) in [5, 5.41) is 27.3. The van der Waals surface area contributed by atoms with E-state index in [1.165, 1.54) is 12.3 Å². The Kier molecular flexibility index (Phi) is 5.07. The Bertz CT molecular complexity index is 886. The Hall–Kier alpha value is -3.76. The molecule has 11 nitrogen and oxygen atoms in total. The van der Waals surface area contributed by atoms with Gasteiger partial charge in [0.05, 0.1) is 11.1 Å². The molecule has 0 unspecified atom stereocenters. The van der Waals surface area contributed by atoms with Crippen molar-refractivity contribution < 1.29 is 14.4 Å². The number of hydrazine groups is 1. The molecule has 0 spiro atoms. The average molecular weight is 346 g/mol. The highest BCUT2D eigenvalue weighted by Gasteiger charge is 2.17. The van der Waals surface area contributed by atoms with Gasteiger partial charge in [0, 0.05) is 17.2 Å². The first-order chi connectivity index (χ1) is 11.8. The summed E-state index contributed by atoms with van der Waals surface area (Å²) < 4.78 is 5.57. The minimum absolute atomic E-state index is 0.00449. The fraction of sp³-hybridized carbons (Fsp3) is 0.143. The standard InChI is InChI=1S/C14H14N6O5/c1-8-5-11(9(2)12(6-8)19(21)22)13-4-3-10(25-13)7-16-17-14(15)18-20(23)24/h3-7H,1-2H3,(H3,15,17,18)/b16-7-. The van der Waals surface area contributed by atoms with Crippen molar-refractivity contribution in [3.05, 3.63) is 61.4 Å². The Balaban J connectivity index is 2.28. The van der Waals surface area contributed by atoms with Gasteiger partial charge in [-0.15, -0.1) is 5.10 Å². The van der Waals surface area contributed by atoms with E-state index < -0.39 is 15.9 Å². The molecule has 0 amide bonds. The number of nitrogens with zero attached hydrogens (tertiary/aromatic N) is 4. The predicted molar refractivity (Wildman–Crippen MR) is 89.6 cm³/mol. The summed E-state index contributed by atoms with van der Waals surface area (Å²) in [7, 11) is 0. The molecule has 0 aliphatic heterocycles. The number of furan rings is 1. The molecule has 25 heavy (non-hydrogen) atoms. The highest BCUT2D eigenvalue weighted by Crippen LogP contribution is 2.32. The second-order valence-electron chi connectivity index (χ2n) is 5.01. The first-order valence-electron chi connectivity index (χ1n) is 6.91. The van der Waals surface area contributed by atoms with E-state index in [1.54, 1.807) is 37.5 Å². The first-order valence-corrected chi connectivity index (χ1v) is 6.91. The number of guanidine groups is 1. The predicted octanol–water partition coefficient (Wildman–Crippen LogP) is 1.90. The largest absolute Gasteiger partial charge is 0.455 e. The van der Waals surface area contributed by atoms with Gasteiger partial charge in [-0.05, 0) is 37.6 Å². The minimum Gasteiger partial charge on any atom is -0.455 e. The quantitative estimate of drug-likeness (QED) is 0.361. The second-order valence-corrected chi connectivity index (χ2v) is 5.01. The maximum atomic E-state index is 11.1. The van der Waals surface area contributed by atoms with E-state index in [2.05, 4.69) is 10.2 Å². The monoisotopic (exact) mass is 346 g/mol. The zero-order valence-electron chi connectivity index (χ0n) is 13.3. The van der Waals surface area contributed by atoms with E-state index >= 15 is 0 Å². The van der Waals surface area contributed by atoms with Crippen molar-refractivity contribution in [2.45, 2.75) is 13.8 Å². The lowest BCUT2D eigenvalue weighted by Gasteiger charge is -2.05. The van der Waals surface area contributed by atoms with Gasteiger partial charge in [-0.1, -0.05) is 5.43 Å². The molecular formula is C14H14N6O5. The van der Waals surface area contributed by atoms with Crippen molar-refractivity contribution in [1.82, 2.24) is 5.43 Å². The fourth-order valence-electron chi connectivity index (χ4n) is 2.12. The molecule has 0 saturated heterocycles. The van der Waals surface area contributed by atoms with Crippen LogP contribution in [0, 0.1) is 34.1 Å². The number of hydrogen-bond donors (Lipinski definition) is 2. The molecular weight excluding hydrogens is 332 g/mol. The molecule has 0 aliphatic rings. The average Bonchev–Trinajstić information content (AvgIpc) is 2.96. The molecule has 0 radical (unpaired) electrons. The first kappa shape index (κ1) is 17.6. The zero-order chi connectivity index (χ0) is 18.6. The molecule has 1 aromatic heterocycles. The van der Waals surface area contributed by atoms with Crippen molar-refractivity contribution in [3.63, 3.8) is 0 Å². The third-order valence-corrected chi connectivity index (χ3v) is 3.17. The molecule has 0 aliphatic carbocycles. The van der Waals surface area contributed by atoms with Gasteiger partial charge in [0.2, 0.25) is 0 Å². The molecule has 0 fully saturated rings. The number of nitro groups is 2. The van der Waals surface area contributed by atoms with Crippen molar-refractivity contribution in [1.29, 1.82) is 0 Å². The molecule has 2 rings (SSSR count). The highest BCUT2D eigenvalue weighted by atomic mass is 16.7. The van der Waals surface area contributed by atoms with Crippen LogP contribution in [0.1, 0.15) is 16.9 Å². The van der Waals surface area contributed by atoms with Crippen LogP contribution in [0.2, 0.25) is 0 Å². The smallest absolute Gasteiger partial charge is 0.275 e. The van der Waals surface area contributed by atoms with Crippen molar-refractivity contribution >= 4 is 17.9 Å². The molecule has 0 saturated carbocycles. The molecule has 11 heteroatoms. The van der Waals surface area contributed by atoms with Crippen LogP contribution in [0.15, 0.2) is 38.9 Å². The maximum Gasteiger partial charge on any atom is 0.275 e. The van der Waals surface area contributed by atoms with Crippen molar-refractivity contribution in [2.24, 2.45) is 15.9 Å². The van der Waals surface area contributed by atoms with Gasteiger partial charge in [0.25, 0.3) is 11.6 Å². The zero-order valence-corrected chi connectivity index (χ0v) is 13.3. The second kappa shape index (κ2) is 7.21. The number of nitro benzene ring substituents is 1. The summed E-state index contributed by atoms with van der Waals surface area (Å²) in [6, 6.07) is 6.48. The minimum atomic E-state index is -0.868. The molecule has 0 bridgehead atoms. The van der Waals surface area contributed by atoms with Crippen LogP contribution >= 0.6 is 0 Å². The topological polar surface area (TPSA) is 162 Å². The van der Waals surface area contributed by atoms with E-state index in [9.17, 15) is 20.2 Å². The van der Waals surface area contributed by atoms with Crippen LogP contribution in [0.25, 0.3) is 11.3 Å². The third-order valence-electron chi connectivity index (χ3n) is 3.17. The number of aryl methyl sites for hydroxylation is 1.